The molecule has 0 fully saturated rings. The Morgan fingerprint density at radius 3 is 2.79 bits per heavy atom. The normalized spacial score (nSPS) is 10.5. The number of thioether (sulfide) groups is 1. The number of rotatable bonds is 7. The third-order valence-electron chi connectivity index (χ3n) is 3.10. The molecule has 7 nitrogen and oxygen atoms in total. The fourth-order valence-corrected chi connectivity index (χ4v) is 2.62. The fourth-order valence-electron chi connectivity index (χ4n) is 2.00. The number of nitro benzene ring substituents is 1. The van der Waals surface area contributed by atoms with Crippen LogP contribution in [0.2, 0.25) is 0 Å². The summed E-state index contributed by atoms with van der Waals surface area (Å²) in [5, 5.41) is 15.8. The number of ether oxygens (including phenoxy) is 1. The summed E-state index contributed by atoms with van der Waals surface area (Å²) in [4.78, 5) is 14.5. The molecule has 0 atom stereocenters. The average Bonchev–Trinajstić information content (AvgIpc) is 3.09. The lowest BCUT2D eigenvalue weighted by atomic mass is 10.3. The Kier molecular flexibility index (Phi) is 5.07. The Bertz CT molecular complexity index is 823. The van der Waals surface area contributed by atoms with Crippen LogP contribution in [0.5, 0.6) is 5.75 Å². The van der Waals surface area contributed by atoms with Gasteiger partial charge in [0.25, 0.3) is 5.69 Å². The molecule has 0 amide bonds. The number of para-hydroxylation sites is 1. The van der Waals surface area contributed by atoms with Gasteiger partial charge in [-0.3, -0.25) is 10.1 Å². The summed E-state index contributed by atoms with van der Waals surface area (Å²) in [5.41, 5.74) is 0.966. The van der Waals surface area contributed by atoms with Gasteiger partial charge in [0.05, 0.1) is 23.3 Å². The Balaban J connectivity index is 1.50. The van der Waals surface area contributed by atoms with Crippen molar-refractivity contribution in [1.82, 2.24) is 14.8 Å². The van der Waals surface area contributed by atoms with E-state index >= 15 is 0 Å². The highest BCUT2D eigenvalue weighted by molar-refractivity contribution is 7.99. The summed E-state index contributed by atoms with van der Waals surface area (Å²) in [6.07, 6.45) is 1.67. The molecule has 8 heteroatoms. The third kappa shape index (κ3) is 4.11. The minimum atomic E-state index is -0.443. The van der Waals surface area contributed by atoms with Crippen molar-refractivity contribution in [3.63, 3.8) is 0 Å². The molecule has 0 spiro atoms. The molecule has 0 bridgehead atoms. The van der Waals surface area contributed by atoms with E-state index in [1.807, 2.05) is 30.3 Å². The molecule has 0 radical (unpaired) electrons. The van der Waals surface area contributed by atoms with E-state index in [9.17, 15) is 10.1 Å². The summed E-state index contributed by atoms with van der Waals surface area (Å²) in [6, 6.07) is 15.9. The van der Waals surface area contributed by atoms with Crippen molar-refractivity contribution >= 4 is 17.4 Å². The second-order valence-electron chi connectivity index (χ2n) is 4.76. The first-order chi connectivity index (χ1) is 11.7. The molecule has 0 unspecified atom stereocenters. The monoisotopic (exact) mass is 342 g/mol. The van der Waals surface area contributed by atoms with Gasteiger partial charge in [-0.05, 0) is 18.2 Å². The minimum absolute atomic E-state index is 0.0171. The molecule has 1 heterocycles. The Labute approximate surface area is 142 Å². The van der Waals surface area contributed by atoms with E-state index in [0.717, 1.165) is 5.69 Å². The number of aromatic nitrogens is 3. The lowest BCUT2D eigenvalue weighted by Gasteiger charge is -2.04. The standard InChI is InChI=1S/C16H14N4O3S/c21-20(22)14-7-4-8-15(11-14)23-9-10-24-16-17-12-19(18-16)13-5-2-1-3-6-13/h1-8,11-12H,9-10H2. The summed E-state index contributed by atoms with van der Waals surface area (Å²) in [7, 11) is 0. The number of non-ortho nitro benzene ring substituents is 1. The molecule has 0 aliphatic rings. The van der Waals surface area contributed by atoms with Gasteiger partial charge in [0, 0.05) is 11.8 Å². The van der Waals surface area contributed by atoms with Gasteiger partial charge in [-0.25, -0.2) is 9.67 Å². The van der Waals surface area contributed by atoms with E-state index < -0.39 is 4.92 Å². The molecule has 2 aromatic carbocycles. The van der Waals surface area contributed by atoms with Gasteiger partial charge < -0.3 is 4.74 Å². The van der Waals surface area contributed by atoms with E-state index in [1.54, 1.807) is 23.1 Å². The lowest BCUT2D eigenvalue weighted by Crippen LogP contribution is -2.01. The molecule has 0 saturated heterocycles. The second-order valence-corrected chi connectivity index (χ2v) is 5.82. The quantitative estimate of drug-likeness (QED) is 0.283. The first kappa shape index (κ1) is 16.0. The number of benzene rings is 2. The van der Waals surface area contributed by atoms with E-state index in [1.165, 1.54) is 23.9 Å². The maximum absolute atomic E-state index is 10.7. The summed E-state index contributed by atoms with van der Waals surface area (Å²) < 4.78 is 7.23. The summed E-state index contributed by atoms with van der Waals surface area (Å²) in [5.74, 6) is 1.12. The van der Waals surface area contributed by atoms with Gasteiger partial charge in [-0.15, -0.1) is 5.10 Å². The zero-order chi connectivity index (χ0) is 16.8. The van der Waals surface area contributed by atoms with E-state index in [-0.39, 0.29) is 5.69 Å². The Morgan fingerprint density at radius 1 is 1.17 bits per heavy atom. The molecule has 1 aromatic heterocycles. The van der Waals surface area contributed by atoms with Gasteiger partial charge in [0.1, 0.15) is 12.1 Å². The van der Waals surface area contributed by atoms with Gasteiger partial charge >= 0.3 is 0 Å². The molecule has 0 aliphatic carbocycles. The van der Waals surface area contributed by atoms with Crippen LogP contribution in [0.4, 0.5) is 5.69 Å². The first-order valence-electron chi connectivity index (χ1n) is 7.19. The van der Waals surface area contributed by atoms with Crippen molar-refractivity contribution in [3.05, 3.63) is 71.0 Å². The molecule has 3 rings (SSSR count). The largest absolute Gasteiger partial charge is 0.492 e. The average molecular weight is 342 g/mol. The minimum Gasteiger partial charge on any atom is -0.492 e. The van der Waals surface area contributed by atoms with Crippen molar-refractivity contribution < 1.29 is 9.66 Å². The molecule has 24 heavy (non-hydrogen) atoms. The summed E-state index contributed by atoms with van der Waals surface area (Å²) >= 11 is 1.46. The molecular formula is C16H14N4O3S. The maximum Gasteiger partial charge on any atom is 0.273 e. The van der Waals surface area contributed by atoms with Gasteiger partial charge in [0.15, 0.2) is 0 Å². The van der Waals surface area contributed by atoms with Crippen LogP contribution in [0.15, 0.2) is 66.1 Å². The zero-order valence-electron chi connectivity index (χ0n) is 12.6. The third-order valence-corrected chi connectivity index (χ3v) is 3.92. The van der Waals surface area contributed by atoms with Crippen LogP contribution >= 0.6 is 11.8 Å². The molecular weight excluding hydrogens is 328 g/mol. The smallest absolute Gasteiger partial charge is 0.273 e. The van der Waals surface area contributed by atoms with Crippen LogP contribution < -0.4 is 4.74 Å². The van der Waals surface area contributed by atoms with Crippen LogP contribution in [-0.4, -0.2) is 32.0 Å². The van der Waals surface area contributed by atoms with E-state index in [2.05, 4.69) is 10.1 Å². The highest BCUT2D eigenvalue weighted by Gasteiger charge is 2.07. The molecule has 0 saturated carbocycles. The van der Waals surface area contributed by atoms with Gasteiger partial charge in [-0.1, -0.05) is 36.0 Å². The molecule has 122 valence electrons. The summed E-state index contributed by atoms with van der Waals surface area (Å²) in [6.45, 7) is 0.408. The number of nitrogens with zero attached hydrogens (tertiary/aromatic N) is 4. The maximum atomic E-state index is 10.7. The highest BCUT2D eigenvalue weighted by Crippen LogP contribution is 2.20. The molecule has 3 aromatic rings. The zero-order valence-corrected chi connectivity index (χ0v) is 13.4. The second kappa shape index (κ2) is 7.60. The van der Waals surface area contributed by atoms with Crippen molar-refractivity contribution in [1.29, 1.82) is 0 Å². The van der Waals surface area contributed by atoms with Crippen molar-refractivity contribution in [2.75, 3.05) is 12.4 Å². The van der Waals surface area contributed by atoms with Crippen LogP contribution in [0.3, 0.4) is 0 Å². The van der Waals surface area contributed by atoms with Gasteiger partial charge in [0.2, 0.25) is 5.16 Å². The van der Waals surface area contributed by atoms with Crippen LogP contribution in [-0.2, 0) is 0 Å². The van der Waals surface area contributed by atoms with E-state index in [0.29, 0.717) is 23.3 Å². The van der Waals surface area contributed by atoms with Crippen LogP contribution in [0.1, 0.15) is 0 Å². The van der Waals surface area contributed by atoms with E-state index in [4.69, 9.17) is 4.74 Å². The van der Waals surface area contributed by atoms with Crippen LogP contribution in [0, 0.1) is 10.1 Å². The number of hydrogen-bond donors (Lipinski definition) is 0. The Hall–Kier alpha value is -2.87. The van der Waals surface area contributed by atoms with Gasteiger partial charge in [-0.2, -0.15) is 0 Å². The number of hydrogen-bond acceptors (Lipinski definition) is 6. The fraction of sp³-hybridized carbons (Fsp3) is 0.125. The van der Waals surface area contributed by atoms with Crippen molar-refractivity contribution in [2.24, 2.45) is 0 Å². The predicted molar refractivity (Wildman–Crippen MR) is 90.7 cm³/mol. The Morgan fingerprint density at radius 2 is 2.00 bits per heavy atom. The topological polar surface area (TPSA) is 83.1 Å². The number of nitro groups is 1. The predicted octanol–water partition coefficient (Wildman–Crippen LogP) is 3.35. The molecule has 0 aliphatic heterocycles. The van der Waals surface area contributed by atoms with Crippen molar-refractivity contribution in [3.8, 4) is 11.4 Å². The lowest BCUT2D eigenvalue weighted by molar-refractivity contribution is -0.384. The highest BCUT2D eigenvalue weighted by atomic mass is 32.2. The van der Waals surface area contributed by atoms with Crippen LogP contribution in [0.25, 0.3) is 5.69 Å². The van der Waals surface area contributed by atoms with Crippen molar-refractivity contribution in [2.45, 2.75) is 5.16 Å². The SMILES string of the molecule is O=[N+]([O-])c1cccc(OCCSc2ncn(-c3ccccc3)n2)c1. The molecule has 0 N–H and O–H groups in total. The first-order valence-corrected chi connectivity index (χ1v) is 8.18.